The maximum atomic E-state index is 12.1. The van der Waals surface area contributed by atoms with Gasteiger partial charge in [0.25, 0.3) is 0 Å². The number of hydrogen-bond acceptors (Lipinski definition) is 7. The van der Waals surface area contributed by atoms with Crippen LogP contribution in [0.5, 0.6) is 0 Å². The first-order valence-electron chi connectivity index (χ1n) is 8.50. The molecule has 1 saturated carbocycles. The second kappa shape index (κ2) is 8.01. The molecule has 0 bridgehead atoms. The van der Waals surface area contributed by atoms with E-state index >= 15 is 0 Å². The van der Waals surface area contributed by atoms with Crippen LogP contribution in [-0.2, 0) is 11.3 Å². The molecule has 4 rings (SSSR count). The van der Waals surface area contributed by atoms with E-state index in [2.05, 4.69) is 20.4 Å². The number of amides is 1. The van der Waals surface area contributed by atoms with Gasteiger partial charge in [0.2, 0.25) is 17.6 Å². The average molecular weight is 387 g/mol. The van der Waals surface area contributed by atoms with E-state index < -0.39 is 0 Å². The second-order valence-corrected chi connectivity index (χ2v) is 8.08. The predicted molar refractivity (Wildman–Crippen MR) is 101 cm³/mol. The van der Waals surface area contributed by atoms with E-state index in [0.717, 1.165) is 28.3 Å². The SMILES string of the molecule is O=C(CSc1ncccc1-c1noc(C2CCC2)n1)NCc1cccs1. The molecule has 0 aromatic carbocycles. The zero-order valence-electron chi connectivity index (χ0n) is 14.1. The van der Waals surface area contributed by atoms with E-state index in [4.69, 9.17) is 4.52 Å². The van der Waals surface area contributed by atoms with Crippen LogP contribution in [0, 0.1) is 0 Å². The summed E-state index contributed by atoms with van der Waals surface area (Å²) in [6.07, 6.45) is 5.15. The summed E-state index contributed by atoms with van der Waals surface area (Å²) in [5, 5.41) is 9.77. The molecule has 3 aromatic rings. The van der Waals surface area contributed by atoms with Crippen molar-refractivity contribution in [3.05, 3.63) is 46.6 Å². The lowest BCUT2D eigenvalue weighted by molar-refractivity contribution is -0.118. The minimum Gasteiger partial charge on any atom is -0.350 e. The van der Waals surface area contributed by atoms with Crippen LogP contribution in [0.3, 0.4) is 0 Å². The number of thiophene rings is 1. The lowest BCUT2D eigenvalue weighted by Gasteiger charge is -2.20. The van der Waals surface area contributed by atoms with Crippen molar-refractivity contribution in [1.82, 2.24) is 20.4 Å². The summed E-state index contributed by atoms with van der Waals surface area (Å²) < 4.78 is 5.41. The molecule has 0 saturated heterocycles. The van der Waals surface area contributed by atoms with Crippen LogP contribution in [0.4, 0.5) is 0 Å². The van der Waals surface area contributed by atoms with Crippen molar-refractivity contribution in [2.24, 2.45) is 0 Å². The second-order valence-electron chi connectivity index (χ2n) is 6.08. The van der Waals surface area contributed by atoms with Crippen LogP contribution in [0.15, 0.2) is 45.4 Å². The lowest BCUT2D eigenvalue weighted by Crippen LogP contribution is -2.24. The van der Waals surface area contributed by atoms with E-state index in [0.29, 0.717) is 29.9 Å². The molecule has 1 aliphatic carbocycles. The molecule has 0 spiro atoms. The largest absolute Gasteiger partial charge is 0.350 e. The van der Waals surface area contributed by atoms with Crippen LogP contribution < -0.4 is 5.32 Å². The van der Waals surface area contributed by atoms with Gasteiger partial charge in [-0.15, -0.1) is 11.3 Å². The van der Waals surface area contributed by atoms with E-state index in [1.54, 1.807) is 17.5 Å². The van der Waals surface area contributed by atoms with Gasteiger partial charge in [0.05, 0.1) is 17.9 Å². The van der Waals surface area contributed by atoms with E-state index in [1.165, 1.54) is 18.2 Å². The summed E-state index contributed by atoms with van der Waals surface area (Å²) in [7, 11) is 0. The van der Waals surface area contributed by atoms with Crippen molar-refractivity contribution in [2.75, 3.05) is 5.75 Å². The highest BCUT2D eigenvalue weighted by Gasteiger charge is 2.26. The Morgan fingerprint density at radius 2 is 2.27 bits per heavy atom. The van der Waals surface area contributed by atoms with Gasteiger partial charge >= 0.3 is 0 Å². The molecule has 1 N–H and O–H groups in total. The van der Waals surface area contributed by atoms with Gasteiger partial charge in [-0.2, -0.15) is 4.98 Å². The molecule has 0 unspecified atom stereocenters. The third-order valence-corrected chi connectivity index (χ3v) is 6.17. The third kappa shape index (κ3) is 3.96. The summed E-state index contributed by atoms with van der Waals surface area (Å²) in [6.45, 7) is 0.557. The molecule has 1 amide bonds. The Hall–Kier alpha value is -2.19. The van der Waals surface area contributed by atoms with E-state index in [1.807, 2.05) is 29.6 Å². The number of pyridine rings is 1. The number of thioether (sulfide) groups is 1. The van der Waals surface area contributed by atoms with Gasteiger partial charge in [-0.05, 0) is 36.4 Å². The van der Waals surface area contributed by atoms with Crippen LogP contribution in [0.25, 0.3) is 11.4 Å². The summed E-state index contributed by atoms with van der Waals surface area (Å²) in [6, 6.07) is 7.73. The highest BCUT2D eigenvalue weighted by Crippen LogP contribution is 2.36. The average Bonchev–Trinajstić information content (AvgIpc) is 3.29. The molecule has 1 aliphatic rings. The van der Waals surface area contributed by atoms with Crippen LogP contribution in [0.2, 0.25) is 0 Å². The summed E-state index contributed by atoms with van der Waals surface area (Å²) >= 11 is 3.01. The normalized spacial score (nSPS) is 14.2. The van der Waals surface area contributed by atoms with Crippen molar-refractivity contribution in [3.8, 4) is 11.4 Å². The Balaban J connectivity index is 1.39. The molecule has 6 nitrogen and oxygen atoms in total. The van der Waals surface area contributed by atoms with Crippen molar-refractivity contribution in [2.45, 2.75) is 36.8 Å². The molecule has 0 radical (unpaired) electrons. The van der Waals surface area contributed by atoms with Gasteiger partial charge in [0, 0.05) is 17.0 Å². The fourth-order valence-electron chi connectivity index (χ4n) is 2.63. The summed E-state index contributed by atoms with van der Waals surface area (Å²) in [5.41, 5.74) is 0.804. The van der Waals surface area contributed by atoms with Crippen molar-refractivity contribution in [3.63, 3.8) is 0 Å². The van der Waals surface area contributed by atoms with E-state index in [-0.39, 0.29) is 5.91 Å². The van der Waals surface area contributed by atoms with Gasteiger partial charge in [-0.25, -0.2) is 4.98 Å². The van der Waals surface area contributed by atoms with Crippen LogP contribution in [-0.4, -0.2) is 26.8 Å². The molecule has 3 aromatic heterocycles. The smallest absolute Gasteiger partial charge is 0.230 e. The molecule has 8 heteroatoms. The molecule has 3 heterocycles. The number of nitrogens with zero attached hydrogens (tertiary/aromatic N) is 3. The fraction of sp³-hybridized carbons (Fsp3) is 0.333. The maximum Gasteiger partial charge on any atom is 0.230 e. The first kappa shape index (κ1) is 17.2. The minimum absolute atomic E-state index is 0.0247. The van der Waals surface area contributed by atoms with Crippen molar-refractivity contribution >= 4 is 29.0 Å². The van der Waals surface area contributed by atoms with Crippen LogP contribution in [0.1, 0.15) is 35.9 Å². The maximum absolute atomic E-state index is 12.1. The highest BCUT2D eigenvalue weighted by atomic mass is 32.2. The third-order valence-electron chi connectivity index (χ3n) is 4.29. The molecule has 26 heavy (non-hydrogen) atoms. The monoisotopic (exact) mass is 386 g/mol. The van der Waals surface area contributed by atoms with E-state index in [9.17, 15) is 4.79 Å². The molecule has 1 fully saturated rings. The van der Waals surface area contributed by atoms with Crippen LogP contribution >= 0.6 is 23.1 Å². The highest BCUT2D eigenvalue weighted by molar-refractivity contribution is 8.00. The molecular weight excluding hydrogens is 368 g/mol. The number of carbonyl (C=O) groups is 1. The number of nitrogens with one attached hydrogen (secondary N) is 1. The Kier molecular flexibility index (Phi) is 5.31. The first-order valence-corrected chi connectivity index (χ1v) is 10.4. The van der Waals surface area contributed by atoms with Gasteiger partial charge in [0.15, 0.2) is 0 Å². The summed E-state index contributed by atoms with van der Waals surface area (Å²) in [5.74, 6) is 1.92. The molecule has 0 atom stereocenters. The van der Waals surface area contributed by atoms with Crippen molar-refractivity contribution in [1.29, 1.82) is 0 Å². The first-order chi connectivity index (χ1) is 12.8. The predicted octanol–water partition coefficient (Wildman–Crippen LogP) is 3.87. The lowest BCUT2D eigenvalue weighted by atomic mass is 9.85. The van der Waals surface area contributed by atoms with Gasteiger partial charge in [-0.3, -0.25) is 4.79 Å². The quantitative estimate of drug-likeness (QED) is 0.621. The Morgan fingerprint density at radius 1 is 1.35 bits per heavy atom. The van der Waals surface area contributed by atoms with Gasteiger partial charge in [0.1, 0.15) is 5.03 Å². The zero-order valence-corrected chi connectivity index (χ0v) is 15.7. The number of carbonyl (C=O) groups excluding carboxylic acids is 1. The van der Waals surface area contributed by atoms with Crippen molar-refractivity contribution < 1.29 is 9.32 Å². The summed E-state index contributed by atoms with van der Waals surface area (Å²) in [4.78, 5) is 22.1. The standard InChI is InChI=1S/C18H18N4O2S2/c23-15(20-10-13-6-3-9-25-13)11-26-18-14(7-2-8-19-18)16-21-17(24-22-16)12-4-1-5-12/h2-3,6-9,12H,1,4-5,10-11H2,(H,20,23). The Morgan fingerprint density at radius 3 is 3.04 bits per heavy atom. The molecular formula is C18H18N4O2S2. The fourth-order valence-corrected chi connectivity index (χ4v) is 4.09. The topological polar surface area (TPSA) is 80.9 Å². The van der Waals surface area contributed by atoms with Gasteiger partial charge < -0.3 is 9.84 Å². The van der Waals surface area contributed by atoms with Gasteiger partial charge in [-0.1, -0.05) is 29.4 Å². The zero-order chi connectivity index (χ0) is 17.8. The molecule has 134 valence electrons. The number of aromatic nitrogens is 3. The molecule has 0 aliphatic heterocycles. The number of hydrogen-bond donors (Lipinski definition) is 1. The number of rotatable bonds is 7. The minimum atomic E-state index is -0.0247. The Bertz CT molecular complexity index is 875. The Labute approximate surface area is 159 Å².